The van der Waals surface area contributed by atoms with Gasteiger partial charge in [-0.1, -0.05) is 5.16 Å². The number of aryl methyl sites for hydroxylation is 1. The Bertz CT molecular complexity index is 488. The first-order chi connectivity index (χ1) is 10.2. The van der Waals surface area contributed by atoms with Crippen molar-refractivity contribution in [2.45, 2.75) is 32.2 Å². The van der Waals surface area contributed by atoms with Crippen molar-refractivity contribution in [3.8, 4) is 0 Å². The Hall–Kier alpha value is -1.11. The second-order valence-corrected chi connectivity index (χ2v) is 5.95. The van der Waals surface area contributed by atoms with E-state index in [1.807, 2.05) is 17.9 Å². The number of nitrogens with zero attached hydrogens (tertiary/aromatic N) is 3. The molecule has 22 heavy (non-hydrogen) atoms. The van der Waals surface area contributed by atoms with E-state index in [0.29, 0.717) is 12.5 Å². The number of aromatic nitrogens is 1. The molecule has 0 aliphatic carbocycles. The summed E-state index contributed by atoms with van der Waals surface area (Å²) in [5.41, 5.74) is 0.925. The Morgan fingerprint density at radius 3 is 2.86 bits per heavy atom. The van der Waals surface area contributed by atoms with Crippen molar-refractivity contribution in [1.82, 2.24) is 20.3 Å². The molecule has 7 heteroatoms. The van der Waals surface area contributed by atoms with Gasteiger partial charge in [0.2, 0.25) is 5.91 Å². The first-order valence-electron chi connectivity index (χ1n) is 7.90. The van der Waals surface area contributed by atoms with Gasteiger partial charge in [0, 0.05) is 45.2 Å². The Kier molecular flexibility index (Phi) is 6.23. The lowest BCUT2D eigenvalue weighted by molar-refractivity contribution is -0.132. The minimum absolute atomic E-state index is 0. The van der Waals surface area contributed by atoms with Crippen molar-refractivity contribution in [3.63, 3.8) is 0 Å². The average Bonchev–Trinajstić information content (AvgIpc) is 3.14. The van der Waals surface area contributed by atoms with Crippen LogP contribution in [-0.2, 0) is 4.79 Å². The fourth-order valence-electron chi connectivity index (χ4n) is 3.27. The zero-order valence-corrected chi connectivity index (χ0v) is 13.9. The van der Waals surface area contributed by atoms with Gasteiger partial charge in [0.1, 0.15) is 0 Å². The zero-order valence-electron chi connectivity index (χ0n) is 13.1. The van der Waals surface area contributed by atoms with Crippen LogP contribution in [0, 0.1) is 6.92 Å². The highest BCUT2D eigenvalue weighted by Gasteiger charge is 2.29. The minimum atomic E-state index is 0. The maximum Gasteiger partial charge on any atom is 0.223 e. The van der Waals surface area contributed by atoms with Crippen LogP contribution in [0.4, 0.5) is 0 Å². The summed E-state index contributed by atoms with van der Waals surface area (Å²) in [6, 6.07) is 2.31. The Morgan fingerprint density at radius 1 is 1.41 bits per heavy atom. The van der Waals surface area contributed by atoms with Gasteiger partial charge >= 0.3 is 0 Å². The molecule has 1 atom stereocenters. The van der Waals surface area contributed by atoms with E-state index in [1.54, 1.807) is 0 Å². The summed E-state index contributed by atoms with van der Waals surface area (Å²) >= 11 is 0. The lowest BCUT2D eigenvalue weighted by atomic mass is 10.1. The van der Waals surface area contributed by atoms with Crippen molar-refractivity contribution in [2.75, 3.05) is 39.3 Å². The summed E-state index contributed by atoms with van der Waals surface area (Å²) in [7, 11) is 0. The van der Waals surface area contributed by atoms with Gasteiger partial charge in [-0.05, 0) is 26.3 Å². The molecule has 6 nitrogen and oxygen atoms in total. The average molecular weight is 329 g/mol. The number of carbonyl (C=O) groups is 1. The molecule has 0 radical (unpaired) electrons. The van der Waals surface area contributed by atoms with Crippen LogP contribution in [0.15, 0.2) is 10.6 Å². The van der Waals surface area contributed by atoms with Gasteiger partial charge in [-0.25, -0.2) is 0 Å². The molecule has 1 amide bonds. The van der Waals surface area contributed by atoms with E-state index in [2.05, 4.69) is 15.4 Å². The van der Waals surface area contributed by atoms with Gasteiger partial charge in [-0.2, -0.15) is 0 Å². The Balaban J connectivity index is 0.00000176. The van der Waals surface area contributed by atoms with Crippen LogP contribution >= 0.6 is 12.4 Å². The summed E-state index contributed by atoms with van der Waals surface area (Å²) in [6.07, 6.45) is 2.85. The first kappa shape index (κ1) is 17.2. The van der Waals surface area contributed by atoms with E-state index in [0.717, 1.165) is 63.6 Å². The second kappa shape index (κ2) is 7.94. The van der Waals surface area contributed by atoms with Crippen molar-refractivity contribution in [2.24, 2.45) is 0 Å². The first-order valence-corrected chi connectivity index (χ1v) is 7.90. The van der Waals surface area contributed by atoms with E-state index in [1.165, 1.54) is 0 Å². The molecule has 0 bridgehead atoms. The van der Waals surface area contributed by atoms with Crippen LogP contribution in [0.5, 0.6) is 0 Å². The van der Waals surface area contributed by atoms with Crippen LogP contribution in [-0.4, -0.2) is 60.1 Å². The fourth-order valence-corrected chi connectivity index (χ4v) is 3.27. The highest BCUT2D eigenvalue weighted by molar-refractivity contribution is 5.85. The predicted octanol–water partition coefficient (Wildman–Crippen LogP) is 1.36. The molecule has 0 aromatic carbocycles. The molecular weight excluding hydrogens is 304 g/mol. The number of likely N-dealkylation sites (tertiary alicyclic amines) is 1. The number of halogens is 1. The molecule has 124 valence electrons. The highest BCUT2D eigenvalue weighted by Crippen LogP contribution is 2.32. The highest BCUT2D eigenvalue weighted by atomic mass is 35.5. The quantitative estimate of drug-likeness (QED) is 0.904. The van der Waals surface area contributed by atoms with Crippen molar-refractivity contribution >= 4 is 18.3 Å². The number of hydrogen-bond acceptors (Lipinski definition) is 5. The zero-order chi connectivity index (χ0) is 14.7. The number of rotatable bonds is 4. The third kappa shape index (κ3) is 4.00. The summed E-state index contributed by atoms with van der Waals surface area (Å²) in [5, 5.41) is 7.25. The number of nitrogens with one attached hydrogen (secondary N) is 1. The molecule has 1 unspecified atom stereocenters. The van der Waals surface area contributed by atoms with Crippen LogP contribution in [0.3, 0.4) is 0 Å². The summed E-state index contributed by atoms with van der Waals surface area (Å²) in [4.78, 5) is 16.6. The molecule has 1 aromatic heterocycles. The molecule has 0 spiro atoms. The van der Waals surface area contributed by atoms with E-state index in [-0.39, 0.29) is 18.3 Å². The molecule has 2 fully saturated rings. The Labute approximate surface area is 137 Å². The largest absolute Gasteiger partial charge is 0.359 e. The van der Waals surface area contributed by atoms with Gasteiger partial charge in [-0.15, -0.1) is 12.4 Å². The molecule has 2 aliphatic heterocycles. The standard InChI is InChI=1S/C15H24N4O2.ClH/c1-12-11-14(21-17-12)13-3-2-7-18(13)8-4-15(20)19-9-5-16-6-10-19;/h11,13,16H,2-10H2,1H3;1H. The lowest BCUT2D eigenvalue weighted by Crippen LogP contribution is -2.47. The number of piperazine rings is 1. The summed E-state index contributed by atoms with van der Waals surface area (Å²) in [5.74, 6) is 1.22. The number of amides is 1. The van der Waals surface area contributed by atoms with E-state index in [4.69, 9.17) is 4.52 Å². The van der Waals surface area contributed by atoms with Gasteiger partial charge in [0.25, 0.3) is 0 Å². The van der Waals surface area contributed by atoms with Crippen LogP contribution < -0.4 is 5.32 Å². The molecule has 1 aromatic rings. The van der Waals surface area contributed by atoms with Crippen LogP contribution in [0.1, 0.15) is 36.8 Å². The normalized spacial score (nSPS) is 22.6. The summed E-state index contributed by atoms with van der Waals surface area (Å²) < 4.78 is 5.41. The maximum absolute atomic E-state index is 12.2. The molecule has 3 rings (SSSR count). The molecule has 0 saturated carbocycles. The van der Waals surface area contributed by atoms with E-state index in [9.17, 15) is 4.79 Å². The molecular formula is C15H25ClN4O2. The van der Waals surface area contributed by atoms with Gasteiger partial charge in [0.15, 0.2) is 5.76 Å². The lowest BCUT2D eigenvalue weighted by Gasteiger charge is -2.29. The number of hydrogen-bond donors (Lipinski definition) is 1. The van der Waals surface area contributed by atoms with Crippen molar-refractivity contribution in [3.05, 3.63) is 17.5 Å². The topological polar surface area (TPSA) is 61.6 Å². The molecule has 1 N–H and O–H groups in total. The van der Waals surface area contributed by atoms with Crippen molar-refractivity contribution in [1.29, 1.82) is 0 Å². The van der Waals surface area contributed by atoms with E-state index >= 15 is 0 Å². The van der Waals surface area contributed by atoms with Gasteiger partial charge in [0.05, 0.1) is 11.7 Å². The molecule has 2 saturated heterocycles. The van der Waals surface area contributed by atoms with Gasteiger partial charge < -0.3 is 14.7 Å². The number of carbonyl (C=O) groups excluding carboxylic acids is 1. The molecule has 2 aliphatic rings. The smallest absolute Gasteiger partial charge is 0.223 e. The minimum Gasteiger partial charge on any atom is -0.359 e. The van der Waals surface area contributed by atoms with Gasteiger partial charge in [-0.3, -0.25) is 9.69 Å². The molecule has 3 heterocycles. The van der Waals surface area contributed by atoms with Crippen molar-refractivity contribution < 1.29 is 9.32 Å². The third-order valence-corrected chi connectivity index (χ3v) is 4.42. The summed E-state index contributed by atoms with van der Waals surface area (Å²) in [6.45, 7) is 7.30. The SMILES string of the molecule is Cc1cc(C2CCCN2CCC(=O)N2CCNCC2)on1.Cl. The van der Waals surface area contributed by atoms with Crippen LogP contribution in [0.2, 0.25) is 0 Å². The third-order valence-electron chi connectivity index (χ3n) is 4.42. The maximum atomic E-state index is 12.2. The predicted molar refractivity (Wildman–Crippen MR) is 86.1 cm³/mol. The van der Waals surface area contributed by atoms with Crippen LogP contribution in [0.25, 0.3) is 0 Å². The van der Waals surface area contributed by atoms with E-state index < -0.39 is 0 Å². The second-order valence-electron chi connectivity index (χ2n) is 5.95. The Morgan fingerprint density at radius 2 is 2.18 bits per heavy atom. The monoisotopic (exact) mass is 328 g/mol. The fraction of sp³-hybridized carbons (Fsp3) is 0.733.